The quantitative estimate of drug-likeness (QED) is 0.592. The number of hydrogen-bond donors (Lipinski definition) is 0. The molecule has 1 atom stereocenters. The molecule has 1 fully saturated rings. The molecule has 1 aliphatic rings. The first-order valence-corrected chi connectivity index (χ1v) is 9.55. The Balaban J connectivity index is 1.51. The fraction of sp³-hybridized carbons (Fsp3) is 0.300. The lowest BCUT2D eigenvalue weighted by molar-refractivity contribution is -0.137. The fourth-order valence-electron chi connectivity index (χ4n) is 3.41. The molecule has 3 nitrogen and oxygen atoms in total. The van der Waals surface area contributed by atoms with Gasteiger partial charge in [0.05, 0.1) is 20.8 Å². The van der Waals surface area contributed by atoms with E-state index in [0.717, 1.165) is 40.2 Å². The number of nitrogens with zero attached hydrogens (tertiary/aromatic N) is 2. The van der Waals surface area contributed by atoms with E-state index in [0.29, 0.717) is 13.1 Å². The van der Waals surface area contributed by atoms with Crippen LogP contribution in [-0.2, 0) is 6.18 Å². The summed E-state index contributed by atoms with van der Waals surface area (Å²) in [4.78, 5) is 19.2. The lowest BCUT2D eigenvalue weighted by Crippen LogP contribution is -2.39. The summed E-state index contributed by atoms with van der Waals surface area (Å²) in [6.45, 7) is 1.15. The van der Waals surface area contributed by atoms with Crippen LogP contribution in [0.4, 0.5) is 13.2 Å². The minimum Gasteiger partial charge on any atom is -0.338 e. The molecular formula is C20H17F3N2OS. The van der Waals surface area contributed by atoms with E-state index in [1.165, 1.54) is 12.1 Å². The molecule has 2 heterocycles. The average molecular weight is 390 g/mol. The highest BCUT2D eigenvalue weighted by atomic mass is 32.1. The van der Waals surface area contributed by atoms with E-state index in [9.17, 15) is 18.0 Å². The largest absolute Gasteiger partial charge is 0.416 e. The van der Waals surface area contributed by atoms with Gasteiger partial charge in [0.15, 0.2) is 0 Å². The zero-order valence-corrected chi connectivity index (χ0v) is 15.2. The second-order valence-electron chi connectivity index (χ2n) is 6.69. The molecule has 27 heavy (non-hydrogen) atoms. The Morgan fingerprint density at radius 2 is 1.85 bits per heavy atom. The summed E-state index contributed by atoms with van der Waals surface area (Å²) in [6, 6.07) is 12.4. The summed E-state index contributed by atoms with van der Waals surface area (Å²) in [6.07, 6.45) is -2.59. The minimum absolute atomic E-state index is 0.162. The van der Waals surface area contributed by atoms with Gasteiger partial charge in [-0.3, -0.25) is 4.79 Å². The van der Waals surface area contributed by atoms with Crippen molar-refractivity contribution in [2.45, 2.75) is 24.9 Å². The van der Waals surface area contributed by atoms with E-state index in [1.807, 2.05) is 24.3 Å². The van der Waals surface area contributed by atoms with Gasteiger partial charge >= 0.3 is 6.18 Å². The molecule has 0 bridgehead atoms. The molecule has 1 unspecified atom stereocenters. The van der Waals surface area contributed by atoms with Gasteiger partial charge in [0.25, 0.3) is 5.91 Å². The number of thiazole rings is 1. The Labute approximate surface area is 158 Å². The van der Waals surface area contributed by atoms with Crippen LogP contribution in [0.3, 0.4) is 0 Å². The van der Waals surface area contributed by atoms with Crippen LogP contribution in [0.1, 0.15) is 39.7 Å². The molecule has 3 aromatic rings. The van der Waals surface area contributed by atoms with Crippen molar-refractivity contribution in [1.82, 2.24) is 9.88 Å². The van der Waals surface area contributed by atoms with E-state index in [4.69, 9.17) is 4.98 Å². The number of alkyl halides is 3. The maximum absolute atomic E-state index is 12.7. The SMILES string of the molecule is O=C(c1ccc(C(F)(F)F)cc1)N1CCCC(c2nc3ccccc3s2)C1. The van der Waals surface area contributed by atoms with Gasteiger partial charge in [-0.15, -0.1) is 11.3 Å². The topological polar surface area (TPSA) is 33.2 Å². The number of amides is 1. The van der Waals surface area contributed by atoms with Crippen LogP contribution in [-0.4, -0.2) is 28.9 Å². The van der Waals surface area contributed by atoms with Crippen molar-refractivity contribution in [2.75, 3.05) is 13.1 Å². The molecule has 4 rings (SSSR count). The van der Waals surface area contributed by atoms with Crippen molar-refractivity contribution in [3.8, 4) is 0 Å². The van der Waals surface area contributed by atoms with Crippen LogP contribution in [0.15, 0.2) is 48.5 Å². The molecule has 0 radical (unpaired) electrons. The van der Waals surface area contributed by atoms with Crippen LogP contribution >= 0.6 is 11.3 Å². The number of benzene rings is 2. The van der Waals surface area contributed by atoms with Crippen molar-refractivity contribution < 1.29 is 18.0 Å². The maximum Gasteiger partial charge on any atom is 0.416 e. The molecule has 2 aromatic carbocycles. The molecule has 1 aromatic heterocycles. The van der Waals surface area contributed by atoms with E-state index in [2.05, 4.69) is 0 Å². The molecule has 1 saturated heterocycles. The van der Waals surface area contributed by atoms with E-state index in [1.54, 1.807) is 16.2 Å². The van der Waals surface area contributed by atoms with Gasteiger partial charge in [0.1, 0.15) is 0 Å². The van der Waals surface area contributed by atoms with Crippen LogP contribution in [0, 0.1) is 0 Å². The van der Waals surface area contributed by atoms with Crippen molar-refractivity contribution in [3.63, 3.8) is 0 Å². The molecule has 7 heteroatoms. The number of para-hydroxylation sites is 1. The minimum atomic E-state index is -4.40. The molecule has 0 saturated carbocycles. The zero-order chi connectivity index (χ0) is 19.0. The molecule has 1 amide bonds. The summed E-state index contributed by atoms with van der Waals surface area (Å²) in [5.41, 5.74) is 0.502. The summed E-state index contributed by atoms with van der Waals surface area (Å²) >= 11 is 1.64. The maximum atomic E-state index is 12.7. The van der Waals surface area contributed by atoms with Gasteiger partial charge in [-0.25, -0.2) is 4.98 Å². The first kappa shape index (κ1) is 18.0. The average Bonchev–Trinajstić information content (AvgIpc) is 3.11. The Hall–Kier alpha value is -2.41. The number of carbonyl (C=O) groups excluding carboxylic acids is 1. The van der Waals surface area contributed by atoms with Crippen LogP contribution in [0.5, 0.6) is 0 Å². The van der Waals surface area contributed by atoms with Crippen molar-refractivity contribution in [1.29, 1.82) is 0 Å². The van der Waals surface area contributed by atoms with Crippen molar-refractivity contribution in [3.05, 3.63) is 64.7 Å². The first-order chi connectivity index (χ1) is 12.9. The number of aromatic nitrogens is 1. The van der Waals surface area contributed by atoms with Crippen LogP contribution < -0.4 is 0 Å². The number of carbonyl (C=O) groups is 1. The third-order valence-corrected chi connectivity index (χ3v) is 6.03. The van der Waals surface area contributed by atoms with E-state index in [-0.39, 0.29) is 17.4 Å². The predicted octanol–water partition coefficient (Wildman–Crippen LogP) is 5.33. The van der Waals surface area contributed by atoms with Crippen LogP contribution in [0.25, 0.3) is 10.2 Å². The van der Waals surface area contributed by atoms with Gasteiger partial charge in [0.2, 0.25) is 0 Å². The molecule has 1 aliphatic heterocycles. The number of likely N-dealkylation sites (tertiary alicyclic amines) is 1. The molecule has 140 valence electrons. The molecule has 0 N–H and O–H groups in total. The third-order valence-electron chi connectivity index (χ3n) is 4.83. The van der Waals surface area contributed by atoms with Gasteiger partial charge in [-0.2, -0.15) is 13.2 Å². The fourth-order valence-corrected chi connectivity index (χ4v) is 4.51. The molecular weight excluding hydrogens is 373 g/mol. The Morgan fingerprint density at radius 1 is 1.11 bits per heavy atom. The number of fused-ring (bicyclic) bond motifs is 1. The lowest BCUT2D eigenvalue weighted by atomic mass is 9.98. The summed E-state index contributed by atoms with van der Waals surface area (Å²) in [5, 5.41) is 1.01. The van der Waals surface area contributed by atoms with Gasteiger partial charge in [0, 0.05) is 24.6 Å². The van der Waals surface area contributed by atoms with E-state index >= 15 is 0 Å². The van der Waals surface area contributed by atoms with Gasteiger partial charge in [-0.05, 0) is 49.2 Å². The number of hydrogen-bond acceptors (Lipinski definition) is 3. The van der Waals surface area contributed by atoms with Gasteiger partial charge < -0.3 is 4.90 Å². The Morgan fingerprint density at radius 3 is 2.56 bits per heavy atom. The monoisotopic (exact) mass is 390 g/mol. The van der Waals surface area contributed by atoms with Crippen molar-refractivity contribution in [2.24, 2.45) is 0 Å². The summed E-state index contributed by atoms with van der Waals surface area (Å²) in [7, 11) is 0. The zero-order valence-electron chi connectivity index (χ0n) is 14.4. The second kappa shape index (κ2) is 6.96. The molecule has 0 spiro atoms. The normalized spacial score (nSPS) is 18.0. The highest BCUT2D eigenvalue weighted by Crippen LogP contribution is 2.34. The smallest absolute Gasteiger partial charge is 0.338 e. The van der Waals surface area contributed by atoms with Crippen LogP contribution in [0.2, 0.25) is 0 Å². The van der Waals surface area contributed by atoms with Crippen molar-refractivity contribution >= 4 is 27.5 Å². The van der Waals surface area contributed by atoms with E-state index < -0.39 is 11.7 Å². The molecule has 0 aliphatic carbocycles. The highest BCUT2D eigenvalue weighted by Gasteiger charge is 2.31. The van der Waals surface area contributed by atoms with Gasteiger partial charge in [-0.1, -0.05) is 12.1 Å². The Kier molecular flexibility index (Phi) is 4.63. The Bertz CT molecular complexity index is 932. The number of rotatable bonds is 2. The highest BCUT2D eigenvalue weighted by molar-refractivity contribution is 7.18. The number of halogens is 3. The summed E-state index contributed by atoms with van der Waals surface area (Å²) < 4.78 is 39.2. The standard InChI is InChI=1S/C20H17F3N2OS/c21-20(22,23)15-9-7-13(8-10-15)19(26)25-11-3-4-14(12-25)18-24-16-5-1-2-6-17(16)27-18/h1-2,5-10,14H,3-4,11-12H2. The summed E-state index contributed by atoms with van der Waals surface area (Å²) in [5.74, 6) is -0.0657. The first-order valence-electron chi connectivity index (χ1n) is 8.74. The predicted molar refractivity (Wildman–Crippen MR) is 98.9 cm³/mol. The number of piperidine rings is 1. The third kappa shape index (κ3) is 3.69. The second-order valence-corrected chi connectivity index (χ2v) is 7.75. The lowest BCUT2D eigenvalue weighted by Gasteiger charge is -2.32.